The maximum atomic E-state index is 13.3. The lowest BCUT2D eigenvalue weighted by atomic mass is 9.82. The molecular weight excluding hydrogens is 392 g/mol. The van der Waals surface area contributed by atoms with Crippen LogP contribution in [0.1, 0.15) is 37.9 Å². The summed E-state index contributed by atoms with van der Waals surface area (Å²) >= 11 is 0. The molecule has 0 radical (unpaired) electrons. The number of aliphatic hydroxyl groups excluding tert-OH is 1. The molecule has 31 heavy (non-hydrogen) atoms. The summed E-state index contributed by atoms with van der Waals surface area (Å²) < 4.78 is 5.21. The van der Waals surface area contributed by atoms with Crippen molar-refractivity contribution in [1.29, 1.82) is 0 Å². The van der Waals surface area contributed by atoms with E-state index in [9.17, 15) is 14.7 Å². The van der Waals surface area contributed by atoms with Crippen LogP contribution < -0.4 is 4.74 Å². The van der Waals surface area contributed by atoms with Crippen LogP contribution in [0, 0.1) is 5.41 Å². The lowest BCUT2D eigenvalue weighted by Crippen LogP contribution is -2.32. The molecule has 1 amide bonds. The van der Waals surface area contributed by atoms with Gasteiger partial charge in [-0.05, 0) is 23.8 Å². The number of carbonyl (C=O) groups excluding carboxylic acids is 2. The van der Waals surface area contributed by atoms with E-state index in [0.717, 1.165) is 22.0 Å². The second-order valence-corrected chi connectivity index (χ2v) is 8.81. The molecule has 3 aromatic rings. The van der Waals surface area contributed by atoms with Gasteiger partial charge in [-0.2, -0.15) is 0 Å². The van der Waals surface area contributed by atoms with Crippen molar-refractivity contribution in [1.82, 2.24) is 9.88 Å². The summed E-state index contributed by atoms with van der Waals surface area (Å²) in [5, 5.41) is 11.7. The summed E-state index contributed by atoms with van der Waals surface area (Å²) in [6.45, 7) is 5.62. The zero-order chi connectivity index (χ0) is 22.3. The number of H-pyrrole nitrogens is 1. The van der Waals surface area contributed by atoms with Gasteiger partial charge < -0.3 is 19.7 Å². The minimum absolute atomic E-state index is 0.149. The molecule has 0 bridgehead atoms. The molecule has 0 saturated carbocycles. The highest BCUT2D eigenvalue weighted by Crippen LogP contribution is 2.43. The standard InChI is InChI=1S/C25H26N2O4/c1-25(2,3)23(29)20-21(18-13-26-19-8-6-5-7-17(18)19)27(24(30)22(20)28)14-15-9-11-16(31-4)12-10-15/h5-13,21,26,28H,14H2,1-4H3. The van der Waals surface area contributed by atoms with Gasteiger partial charge >= 0.3 is 0 Å². The summed E-state index contributed by atoms with van der Waals surface area (Å²) in [6, 6.07) is 14.4. The largest absolute Gasteiger partial charge is 0.503 e. The van der Waals surface area contributed by atoms with E-state index in [-0.39, 0.29) is 17.9 Å². The van der Waals surface area contributed by atoms with Gasteiger partial charge in [0, 0.05) is 34.6 Å². The number of ketones is 1. The second kappa shape index (κ2) is 7.61. The number of hydrogen-bond acceptors (Lipinski definition) is 4. The highest BCUT2D eigenvalue weighted by atomic mass is 16.5. The molecule has 0 spiro atoms. The summed E-state index contributed by atoms with van der Waals surface area (Å²) in [5.74, 6) is -0.539. The van der Waals surface area contributed by atoms with Crippen LogP contribution in [0.2, 0.25) is 0 Å². The van der Waals surface area contributed by atoms with Crippen LogP contribution in [-0.4, -0.2) is 33.8 Å². The molecular formula is C25H26N2O4. The van der Waals surface area contributed by atoms with Crippen molar-refractivity contribution >= 4 is 22.6 Å². The maximum absolute atomic E-state index is 13.3. The highest BCUT2D eigenvalue weighted by molar-refractivity contribution is 6.11. The van der Waals surface area contributed by atoms with E-state index in [1.165, 1.54) is 0 Å². The number of Topliss-reactive ketones (excluding diaryl/α,β-unsaturated/α-hetero) is 1. The third kappa shape index (κ3) is 3.58. The molecule has 0 fully saturated rings. The number of para-hydroxylation sites is 1. The van der Waals surface area contributed by atoms with E-state index in [4.69, 9.17) is 4.74 Å². The summed E-state index contributed by atoms with van der Waals surface area (Å²) in [5.41, 5.74) is 1.97. The van der Waals surface area contributed by atoms with Gasteiger partial charge in [-0.3, -0.25) is 9.59 Å². The molecule has 2 N–H and O–H groups in total. The van der Waals surface area contributed by atoms with Gasteiger partial charge in [0.05, 0.1) is 18.7 Å². The Bertz CT molecular complexity index is 1180. The lowest BCUT2D eigenvalue weighted by Gasteiger charge is -2.28. The van der Waals surface area contributed by atoms with Gasteiger partial charge in [-0.15, -0.1) is 0 Å². The van der Waals surface area contributed by atoms with Crippen molar-refractivity contribution in [3.63, 3.8) is 0 Å². The molecule has 4 rings (SSSR count). The first-order chi connectivity index (χ1) is 14.7. The van der Waals surface area contributed by atoms with Gasteiger partial charge in [-0.25, -0.2) is 0 Å². The number of carbonyl (C=O) groups is 2. The zero-order valence-corrected chi connectivity index (χ0v) is 18.1. The molecule has 0 saturated heterocycles. The number of methoxy groups -OCH3 is 1. The van der Waals surface area contributed by atoms with Crippen LogP contribution in [0.5, 0.6) is 5.75 Å². The van der Waals surface area contributed by atoms with Gasteiger partial charge in [0.25, 0.3) is 5.91 Å². The number of hydrogen-bond donors (Lipinski definition) is 2. The summed E-state index contributed by atoms with van der Waals surface area (Å²) in [6.07, 6.45) is 1.82. The number of benzene rings is 2. The molecule has 2 heterocycles. The fraction of sp³-hybridized carbons (Fsp3) is 0.280. The Balaban J connectivity index is 1.83. The molecule has 6 nitrogen and oxygen atoms in total. The Morgan fingerprint density at radius 1 is 1.13 bits per heavy atom. The first-order valence-corrected chi connectivity index (χ1v) is 10.2. The van der Waals surface area contributed by atoms with E-state index in [1.54, 1.807) is 32.8 Å². The molecule has 1 aromatic heterocycles. The molecule has 2 aromatic carbocycles. The normalized spacial score (nSPS) is 17.0. The minimum atomic E-state index is -0.746. The molecule has 1 aliphatic rings. The van der Waals surface area contributed by atoms with Gasteiger partial charge in [0.2, 0.25) is 0 Å². The van der Waals surface area contributed by atoms with E-state index < -0.39 is 23.1 Å². The van der Waals surface area contributed by atoms with Crippen molar-refractivity contribution in [3.8, 4) is 5.75 Å². The van der Waals surface area contributed by atoms with Crippen molar-refractivity contribution in [2.75, 3.05) is 7.11 Å². The van der Waals surface area contributed by atoms with Crippen LogP contribution in [-0.2, 0) is 16.1 Å². The average Bonchev–Trinajstić information content (AvgIpc) is 3.27. The number of aliphatic hydroxyl groups is 1. The monoisotopic (exact) mass is 418 g/mol. The Hall–Kier alpha value is -3.54. The molecule has 1 aliphatic heterocycles. The fourth-order valence-electron chi connectivity index (χ4n) is 4.02. The smallest absolute Gasteiger partial charge is 0.290 e. The molecule has 0 aliphatic carbocycles. The molecule has 1 unspecified atom stereocenters. The van der Waals surface area contributed by atoms with E-state index in [0.29, 0.717) is 5.75 Å². The van der Waals surface area contributed by atoms with Crippen LogP contribution in [0.25, 0.3) is 10.9 Å². The van der Waals surface area contributed by atoms with Crippen molar-refractivity contribution in [3.05, 3.63) is 77.2 Å². The number of aromatic amines is 1. The minimum Gasteiger partial charge on any atom is -0.503 e. The Labute approximate surface area is 181 Å². The van der Waals surface area contributed by atoms with Gasteiger partial charge in [-0.1, -0.05) is 51.1 Å². The first kappa shape index (κ1) is 20.7. The lowest BCUT2D eigenvalue weighted by molar-refractivity contribution is -0.130. The second-order valence-electron chi connectivity index (χ2n) is 8.81. The topological polar surface area (TPSA) is 82.6 Å². The van der Waals surface area contributed by atoms with Crippen molar-refractivity contribution in [2.24, 2.45) is 5.41 Å². The maximum Gasteiger partial charge on any atom is 0.290 e. The highest BCUT2D eigenvalue weighted by Gasteiger charge is 2.46. The zero-order valence-electron chi connectivity index (χ0n) is 18.1. The van der Waals surface area contributed by atoms with Crippen LogP contribution in [0.3, 0.4) is 0 Å². The first-order valence-electron chi connectivity index (χ1n) is 10.2. The number of ether oxygens (including phenoxy) is 1. The average molecular weight is 418 g/mol. The van der Waals surface area contributed by atoms with Crippen LogP contribution >= 0.6 is 0 Å². The number of amides is 1. The van der Waals surface area contributed by atoms with Gasteiger partial charge in [0.1, 0.15) is 5.75 Å². The predicted octanol–water partition coefficient (Wildman–Crippen LogP) is 4.69. The number of fused-ring (bicyclic) bond motifs is 1. The van der Waals surface area contributed by atoms with Crippen LogP contribution in [0.4, 0.5) is 0 Å². The number of nitrogens with one attached hydrogen (secondary N) is 1. The van der Waals surface area contributed by atoms with E-state index in [1.807, 2.05) is 54.7 Å². The third-order valence-electron chi connectivity index (χ3n) is 5.66. The van der Waals surface area contributed by atoms with Crippen molar-refractivity contribution < 1.29 is 19.4 Å². The summed E-state index contributed by atoms with van der Waals surface area (Å²) in [4.78, 5) is 31.3. The Kier molecular flexibility index (Phi) is 5.09. The van der Waals surface area contributed by atoms with Gasteiger partial charge in [0.15, 0.2) is 11.5 Å². The molecule has 160 valence electrons. The number of nitrogens with zero attached hydrogens (tertiary/aromatic N) is 1. The fourth-order valence-corrected chi connectivity index (χ4v) is 4.02. The van der Waals surface area contributed by atoms with Crippen LogP contribution in [0.15, 0.2) is 66.1 Å². The molecule has 6 heteroatoms. The van der Waals surface area contributed by atoms with E-state index in [2.05, 4.69) is 4.98 Å². The Morgan fingerprint density at radius 3 is 2.45 bits per heavy atom. The number of aromatic nitrogens is 1. The predicted molar refractivity (Wildman–Crippen MR) is 119 cm³/mol. The quantitative estimate of drug-likeness (QED) is 0.630. The number of rotatable bonds is 5. The van der Waals surface area contributed by atoms with Crippen molar-refractivity contribution in [2.45, 2.75) is 33.4 Å². The third-order valence-corrected chi connectivity index (χ3v) is 5.66. The van der Waals surface area contributed by atoms with E-state index >= 15 is 0 Å². The SMILES string of the molecule is COc1ccc(CN2C(=O)C(O)=C(C(=O)C(C)(C)C)C2c2c[nH]c3ccccc23)cc1. The summed E-state index contributed by atoms with van der Waals surface area (Å²) in [7, 11) is 1.60. The Morgan fingerprint density at radius 2 is 1.81 bits per heavy atom. The molecule has 1 atom stereocenters.